The predicted octanol–water partition coefficient (Wildman–Crippen LogP) is 1.72. The fraction of sp³-hybridized carbons (Fsp3) is 0.600. The van der Waals surface area contributed by atoms with Crippen LogP contribution in [0.4, 0.5) is 4.79 Å². The molecular formula is C25H40N4O7. The Kier molecular flexibility index (Phi) is 12.2. The summed E-state index contributed by atoms with van der Waals surface area (Å²) >= 11 is 0. The van der Waals surface area contributed by atoms with E-state index in [4.69, 9.17) is 10.5 Å². The summed E-state index contributed by atoms with van der Waals surface area (Å²) < 4.78 is 5.25. The number of nitrogens with two attached hydrogens (primary N) is 1. The average molecular weight is 509 g/mol. The van der Waals surface area contributed by atoms with Crippen LogP contribution in [-0.4, -0.2) is 69.8 Å². The van der Waals surface area contributed by atoms with Crippen LogP contribution in [0.1, 0.15) is 71.9 Å². The van der Waals surface area contributed by atoms with Crippen molar-refractivity contribution in [3.05, 3.63) is 29.8 Å². The van der Waals surface area contributed by atoms with Gasteiger partial charge in [0.25, 0.3) is 0 Å². The van der Waals surface area contributed by atoms with E-state index in [1.807, 2.05) is 13.8 Å². The SMILES string of the molecule is CCCC(C)NC(=O)C(c1ccccc1O)N(CCO)C(=O)C(CCC(N)=O)NC(=O)OC(C)(C)C. The Morgan fingerprint density at radius 3 is 2.28 bits per heavy atom. The molecule has 0 aliphatic rings. The molecule has 1 aromatic rings. The predicted molar refractivity (Wildman–Crippen MR) is 134 cm³/mol. The van der Waals surface area contributed by atoms with Gasteiger partial charge in [0.2, 0.25) is 17.7 Å². The molecule has 1 rings (SSSR count). The number of hydrogen-bond donors (Lipinski definition) is 5. The van der Waals surface area contributed by atoms with E-state index in [1.54, 1.807) is 32.9 Å². The maximum Gasteiger partial charge on any atom is 0.408 e. The maximum atomic E-state index is 13.7. The van der Waals surface area contributed by atoms with Crippen LogP contribution in [0.3, 0.4) is 0 Å². The minimum atomic E-state index is -1.32. The molecule has 0 heterocycles. The van der Waals surface area contributed by atoms with Gasteiger partial charge in [0, 0.05) is 24.6 Å². The summed E-state index contributed by atoms with van der Waals surface area (Å²) in [5.41, 5.74) is 4.56. The van der Waals surface area contributed by atoms with Gasteiger partial charge in [-0.3, -0.25) is 14.4 Å². The van der Waals surface area contributed by atoms with Crippen molar-refractivity contribution in [2.75, 3.05) is 13.2 Å². The molecule has 11 heteroatoms. The Labute approximate surface area is 212 Å². The molecule has 3 atom stereocenters. The van der Waals surface area contributed by atoms with E-state index in [2.05, 4.69) is 10.6 Å². The van der Waals surface area contributed by atoms with Crippen LogP contribution in [-0.2, 0) is 19.1 Å². The lowest BCUT2D eigenvalue weighted by atomic mass is 10.00. The molecule has 0 aliphatic carbocycles. The second-order valence-corrected chi connectivity index (χ2v) is 9.62. The van der Waals surface area contributed by atoms with Crippen LogP contribution in [0.5, 0.6) is 5.75 Å². The quantitative estimate of drug-likeness (QED) is 0.270. The minimum Gasteiger partial charge on any atom is -0.508 e. The summed E-state index contributed by atoms with van der Waals surface area (Å²) in [4.78, 5) is 52.1. The topological polar surface area (TPSA) is 171 Å². The maximum absolute atomic E-state index is 13.7. The van der Waals surface area contributed by atoms with E-state index >= 15 is 0 Å². The zero-order valence-corrected chi connectivity index (χ0v) is 21.7. The normalized spacial score (nSPS) is 13.7. The molecule has 0 aromatic heterocycles. The van der Waals surface area contributed by atoms with E-state index in [9.17, 15) is 29.4 Å². The second-order valence-electron chi connectivity index (χ2n) is 9.62. The molecule has 4 amide bonds. The molecule has 0 saturated heterocycles. The van der Waals surface area contributed by atoms with Gasteiger partial charge in [-0.1, -0.05) is 31.5 Å². The third kappa shape index (κ3) is 10.1. The largest absolute Gasteiger partial charge is 0.508 e. The van der Waals surface area contributed by atoms with Gasteiger partial charge in [-0.25, -0.2) is 4.79 Å². The van der Waals surface area contributed by atoms with Gasteiger partial charge in [-0.05, 0) is 46.6 Å². The highest BCUT2D eigenvalue weighted by Gasteiger charge is 2.37. The number of hydrogen-bond acceptors (Lipinski definition) is 7. The number of rotatable bonds is 13. The number of phenolic OH excluding ortho intramolecular Hbond substituents is 1. The molecular weight excluding hydrogens is 468 g/mol. The van der Waals surface area contributed by atoms with E-state index in [-0.39, 0.29) is 36.7 Å². The smallest absolute Gasteiger partial charge is 0.408 e. The number of benzene rings is 1. The first-order chi connectivity index (χ1) is 16.8. The number of amides is 4. The molecule has 3 unspecified atom stereocenters. The van der Waals surface area contributed by atoms with Crippen LogP contribution >= 0.6 is 0 Å². The third-order valence-electron chi connectivity index (χ3n) is 5.19. The molecule has 1 aromatic carbocycles. The minimum absolute atomic E-state index is 0.145. The number of alkyl carbamates (subject to hydrolysis) is 1. The fourth-order valence-corrected chi connectivity index (χ4v) is 3.66. The first kappa shape index (κ1) is 30.7. The lowest BCUT2D eigenvalue weighted by Gasteiger charge is -2.34. The van der Waals surface area contributed by atoms with Crippen molar-refractivity contribution < 1.29 is 34.1 Å². The van der Waals surface area contributed by atoms with Crippen molar-refractivity contribution in [1.82, 2.24) is 15.5 Å². The number of carbonyl (C=O) groups excluding carboxylic acids is 4. The zero-order valence-electron chi connectivity index (χ0n) is 21.7. The van der Waals surface area contributed by atoms with Crippen LogP contribution in [0.2, 0.25) is 0 Å². The van der Waals surface area contributed by atoms with E-state index in [0.29, 0.717) is 6.42 Å². The van der Waals surface area contributed by atoms with Crippen molar-refractivity contribution in [3.63, 3.8) is 0 Å². The second kappa shape index (κ2) is 14.3. The summed E-state index contributed by atoms with van der Waals surface area (Å²) in [5, 5.41) is 25.6. The van der Waals surface area contributed by atoms with Crippen LogP contribution < -0.4 is 16.4 Å². The Hall–Kier alpha value is -3.34. The lowest BCUT2D eigenvalue weighted by molar-refractivity contribution is -0.143. The molecule has 202 valence electrons. The van der Waals surface area contributed by atoms with E-state index in [0.717, 1.165) is 11.3 Å². The van der Waals surface area contributed by atoms with Crippen molar-refractivity contribution in [2.45, 2.75) is 84.0 Å². The highest BCUT2D eigenvalue weighted by atomic mass is 16.6. The number of aliphatic hydroxyl groups excluding tert-OH is 1. The third-order valence-corrected chi connectivity index (χ3v) is 5.19. The molecule has 0 saturated carbocycles. The number of aliphatic hydroxyl groups is 1. The summed E-state index contributed by atoms with van der Waals surface area (Å²) in [7, 11) is 0. The van der Waals surface area contributed by atoms with Crippen molar-refractivity contribution in [2.24, 2.45) is 5.73 Å². The van der Waals surface area contributed by atoms with Crippen molar-refractivity contribution in [1.29, 1.82) is 0 Å². The van der Waals surface area contributed by atoms with Crippen LogP contribution in [0.15, 0.2) is 24.3 Å². The Morgan fingerprint density at radius 2 is 1.75 bits per heavy atom. The molecule has 36 heavy (non-hydrogen) atoms. The van der Waals surface area contributed by atoms with Gasteiger partial charge in [0.05, 0.1) is 6.61 Å². The number of primary amides is 1. The highest BCUT2D eigenvalue weighted by molar-refractivity contribution is 5.93. The Balaban J connectivity index is 3.45. The molecule has 0 fully saturated rings. The fourth-order valence-electron chi connectivity index (χ4n) is 3.66. The van der Waals surface area contributed by atoms with Gasteiger partial charge < -0.3 is 36.2 Å². The van der Waals surface area contributed by atoms with Crippen LogP contribution in [0.25, 0.3) is 0 Å². The van der Waals surface area contributed by atoms with E-state index < -0.39 is 48.1 Å². The van der Waals surface area contributed by atoms with Crippen LogP contribution in [0, 0.1) is 0 Å². The molecule has 0 aliphatic heterocycles. The van der Waals surface area contributed by atoms with E-state index in [1.165, 1.54) is 12.1 Å². The first-order valence-electron chi connectivity index (χ1n) is 12.1. The number of nitrogens with one attached hydrogen (secondary N) is 2. The number of carbonyl (C=O) groups is 4. The van der Waals surface area contributed by atoms with Crippen molar-refractivity contribution >= 4 is 23.8 Å². The molecule has 11 nitrogen and oxygen atoms in total. The molecule has 0 bridgehead atoms. The van der Waals surface area contributed by atoms with Crippen molar-refractivity contribution in [3.8, 4) is 5.75 Å². The summed E-state index contributed by atoms with van der Waals surface area (Å²) in [5.74, 6) is -2.21. The number of ether oxygens (including phenoxy) is 1. The Bertz CT molecular complexity index is 901. The summed E-state index contributed by atoms with van der Waals surface area (Å²) in [6.07, 6.45) is 0.233. The monoisotopic (exact) mass is 508 g/mol. The Morgan fingerprint density at radius 1 is 1.11 bits per heavy atom. The zero-order chi connectivity index (χ0) is 27.5. The standard InChI is InChI=1S/C25H40N4O7/c1-6-9-16(2)27-22(33)21(17-10-7-8-11-19(17)31)29(14-15-30)23(34)18(12-13-20(26)32)28-24(35)36-25(3,4)5/h7-8,10-11,16,18,21,30-31H,6,9,12-15H2,1-5H3,(H2,26,32)(H,27,33)(H,28,35). The molecule has 0 radical (unpaired) electrons. The number of phenols is 1. The summed E-state index contributed by atoms with van der Waals surface area (Å²) in [6.45, 7) is 7.97. The highest BCUT2D eigenvalue weighted by Crippen LogP contribution is 2.30. The number of para-hydroxylation sites is 1. The summed E-state index contributed by atoms with van der Waals surface area (Å²) in [6, 6.07) is 3.25. The average Bonchev–Trinajstić information content (AvgIpc) is 2.75. The van der Waals surface area contributed by atoms with Gasteiger partial charge in [0.15, 0.2) is 0 Å². The molecule has 0 spiro atoms. The van der Waals surface area contributed by atoms with Gasteiger partial charge in [-0.2, -0.15) is 0 Å². The molecule has 6 N–H and O–H groups in total. The number of nitrogens with zero attached hydrogens (tertiary/aromatic N) is 1. The number of aromatic hydroxyl groups is 1. The van der Waals surface area contributed by atoms with Gasteiger partial charge in [0.1, 0.15) is 23.4 Å². The first-order valence-corrected chi connectivity index (χ1v) is 12.1. The van der Waals surface area contributed by atoms with Gasteiger partial charge >= 0.3 is 6.09 Å². The lowest BCUT2D eigenvalue weighted by Crippen LogP contribution is -2.54. The van der Waals surface area contributed by atoms with Gasteiger partial charge in [-0.15, -0.1) is 0 Å².